The summed E-state index contributed by atoms with van der Waals surface area (Å²) in [5.74, 6) is 0. The molecule has 33 heavy (non-hydrogen) atoms. The van der Waals surface area contributed by atoms with Crippen LogP contribution in [0.2, 0.25) is 0 Å². The number of allylic oxidation sites excluding steroid dienone is 1. The normalized spacial score (nSPS) is 13.7. The third kappa shape index (κ3) is 7.16. The van der Waals surface area contributed by atoms with E-state index >= 15 is 0 Å². The molecule has 0 bridgehead atoms. The Bertz CT molecular complexity index is 999. The first-order chi connectivity index (χ1) is 15.0. The molecule has 0 radical (unpaired) electrons. The summed E-state index contributed by atoms with van der Waals surface area (Å²) in [5, 5.41) is 0.407. The smallest absolute Gasteiger partial charge is 0.185 e. The highest BCUT2D eigenvalue weighted by Gasteiger charge is 2.60. The summed E-state index contributed by atoms with van der Waals surface area (Å²) in [5.41, 5.74) is 2.20. The number of hydrogen-bond acceptors (Lipinski definition) is 5. The van der Waals surface area contributed by atoms with Crippen LogP contribution in [0, 0.1) is 6.92 Å². The molecule has 2 aromatic carbocycles. The Hall–Kier alpha value is -1.16. The Morgan fingerprint density at radius 2 is 1.27 bits per heavy atom. The van der Waals surface area contributed by atoms with E-state index in [0.717, 1.165) is 24.0 Å². The summed E-state index contributed by atoms with van der Waals surface area (Å²) in [7, 11) is -8.68. The zero-order valence-corrected chi connectivity index (χ0v) is 22.9. The first-order valence-corrected chi connectivity index (χ1v) is 14.6. The molecule has 5 nitrogen and oxygen atoms in total. The van der Waals surface area contributed by atoms with Crippen molar-refractivity contribution in [1.29, 1.82) is 0 Å². The van der Waals surface area contributed by atoms with Crippen LogP contribution < -0.4 is 10.6 Å². The molecule has 0 aliphatic rings. The molecular formula is C26H40O5P2+2. The fraction of sp³-hybridized carbons (Fsp3) is 0.462. The van der Waals surface area contributed by atoms with Crippen LogP contribution >= 0.6 is 15.9 Å². The fourth-order valence-electron chi connectivity index (χ4n) is 3.68. The van der Waals surface area contributed by atoms with Gasteiger partial charge in [0, 0.05) is 15.4 Å². The minimum atomic E-state index is -4.35. The Kier molecular flexibility index (Phi) is 8.69. The molecule has 2 aromatic rings. The molecule has 0 spiro atoms. The lowest BCUT2D eigenvalue weighted by Gasteiger charge is -2.25. The molecular weight excluding hydrogens is 454 g/mol. The van der Waals surface area contributed by atoms with Gasteiger partial charge in [-0.1, -0.05) is 91.3 Å². The van der Waals surface area contributed by atoms with Crippen LogP contribution in [0.5, 0.6) is 0 Å². The zero-order chi connectivity index (χ0) is 25.2. The van der Waals surface area contributed by atoms with Crippen LogP contribution in [-0.2, 0) is 15.1 Å². The first-order valence-electron chi connectivity index (χ1n) is 11.3. The van der Waals surface area contributed by atoms with Crippen molar-refractivity contribution in [3.8, 4) is 0 Å². The molecule has 0 aliphatic carbocycles. The number of hydrogen-bond donors (Lipinski definition) is 4. The van der Waals surface area contributed by atoms with Crippen molar-refractivity contribution in [3.05, 3.63) is 64.7 Å². The van der Waals surface area contributed by atoms with Crippen molar-refractivity contribution in [1.82, 2.24) is 0 Å². The van der Waals surface area contributed by atoms with E-state index in [1.165, 1.54) is 0 Å². The van der Waals surface area contributed by atoms with E-state index < -0.39 is 26.7 Å². The Morgan fingerprint density at radius 1 is 0.788 bits per heavy atom. The van der Waals surface area contributed by atoms with Gasteiger partial charge in [-0.05, 0) is 47.4 Å². The van der Waals surface area contributed by atoms with Crippen LogP contribution in [0.15, 0.2) is 42.5 Å². The van der Waals surface area contributed by atoms with Crippen LogP contribution in [0.1, 0.15) is 83.6 Å². The molecule has 0 amide bonds. The lowest BCUT2D eigenvalue weighted by molar-refractivity contribution is 0.298. The summed E-state index contributed by atoms with van der Waals surface area (Å²) < 4.78 is 5.53. The minimum Gasteiger partial charge on any atom is -0.185 e. The third-order valence-electron chi connectivity index (χ3n) is 5.41. The topological polar surface area (TPSA) is 90.2 Å². The summed E-state index contributed by atoms with van der Waals surface area (Å²) in [6.07, 6.45) is 5.88. The monoisotopic (exact) mass is 494 g/mol. The molecule has 0 unspecified atom stereocenters. The molecule has 2 rings (SSSR count). The van der Waals surface area contributed by atoms with Gasteiger partial charge in [-0.3, -0.25) is 0 Å². The lowest BCUT2D eigenvalue weighted by Crippen LogP contribution is -2.30. The number of aryl methyl sites for hydroxylation is 1. The first kappa shape index (κ1) is 28.1. The highest BCUT2D eigenvalue weighted by atomic mass is 31.3. The van der Waals surface area contributed by atoms with Crippen LogP contribution in [0.4, 0.5) is 0 Å². The van der Waals surface area contributed by atoms with Gasteiger partial charge in [0.2, 0.25) is 0 Å². The maximum atomic E-state index is 11.2. The summed E-state index contributed by atoms with van der Waals surface area (Å²) in [4.78, 5) is 44.7. The second kappa shape index (κ2) is 10.2. The van der Waals surface area contributed by atoms with Gasteiger partial charge in [-0.25, -0.2) is 0 Å². The van der Waals surface area contributed by atoms with E-state index in [-0.39, 0.29) is 10.6 Å². The average molecular weight is 495 g/mol. The van der Waals surface area contributed by atoms with Gasteiger partial charge in [-0.2, -0.15) is 19.6 Å². The second-order valence-corrected chi connectivity index (χ2v) is 14.5. The number of unbranched alkanes of at least 4 members (excludes halogenated alkanes) is 1. The third-order valence-corrected chi connectivity index (χ3v) is 9.23. The van der Waals surface area contributed by atoms with Crippen molar-refractivity contribution in [2.75, 3.05) is 0 Å². The molecule has 182 valence electrons. The Labute approximate surface area is 200 Å². The van der Waals surface area contributed by atoms with Gasteiger partial charge >= 0.3 is 15.9 Å². The molecule has 0 heterocycles. The molecule has 0 aromatic heterocycles. The molecule has 0 fully saturated rings. The van der Waals surface area contributed by atoms with Crippen molar-refractivity contribution in [2.24, 2.45) is 0 Å². The predicted octanol–water partition coefficient (Wildman–Crippen LogP) is 5.87. The van der Waals surface area contributed by atoms with E-state index in [9.17, 15) is 19.6 Å². The quantitative estimate of drug-likeness (QED) is 0.362. The van der Waals surface area contributed by atoms with Crippen molar-refractivity contribution in [2.45, 2.75) is 79.1 Å². The molecule has 0 saturated heterocycles. The summed E-state index contributed by atoms with van der Waals surface area (Å²) >= 11 is 0. The van der Waals surface area contributed by atoms with Gasteiger partial charge in [0.1, 0.15) is 0 Å². The fourth-order valence-corrected chi connectivity index (χ4v) is 7.79. The summed E-state index contributed by atoms with van der Waals surface area (Å²) in [6, 6.07) is 10.9. The maximum Gasteiger partial charge on any atom is 0.497 e. The zero-order valence-electron chi connectivity index (χ0n) is 21.1. The molecule has 0 atom stereocenters. The van der Waals surface area contributed by atoms with Crippen molar-refractivity contribution >= 4 is 32.6 Å². The van der Waals surface area contributed by atoms with E-state index in [0.29, 0.717) is 11.1 Å². The SMILES string of the molecule is CCCC=Cc1ccc(C(C)(C)C)c([P+](O)(O)O[P+](O)(O)c2cc(C)ccc2C(C)(C)C)c1. The van der Waals surface area contributed by atoms with Crippen molar-refractivity contribution < 1.29 is 23.9 Å². The lowest BCUT2D eigenvalue weighted by atomic mass is 9.86. The Morgan fingerprint density at radius 3 is 1.76 bits per heavy atom. The highest BCUT2D eigenvalue weighted by Crippen LogP contribution is 2.68. The number of benzene rings is 2. The minimum absolute atomic E-state index is 0.200. The largest absolute Gasteiger partial charge is 0.497 e. The van der Waals surface area contributed by atoms with Crippen LogP contribution in [0.25, 0.3) is 6.08 Å². The highest BCUT2D eigenvalue weighted by molar-refractivity contribution is 7.80. The van der Waals surface area contributed by atoms with E-state index in [1.54, 1.807) is 12.1 Å². The maximum absolute atomic E-state index is 11.2. The van der Waals surface area contributed by atoms with Gasteiger partial charge in [0.15, 0.2) is 10.6 Å². The van der Waals surface area contributed by atoms with Gasteiger partial charge in [0.25, 0.3) is 0 Å². The molecule has 0 aliphatic heterocycles. The van der Waals surface area contributed by atoms with E-state index in [2.05, 4.69) is 6.92 Å². The summed E-state index contributed by atoms with van der Waals surface area (Å²) in [6.45, 7) is 15.7. The molecule has 0 saturated carbocycles. The molecule has 4 N–H and O–H groups in total. The van der Waals surface area contributed by atoms with Gasteiger partial charge in [-0.15, -0.1) is 0 Å². The second-order valence-electron chi connectivity index (χ2n) is 10.7. The standard InChI is InChI=1S/C26H40O5P2/c1-9-10-11-12-20-14-16-22(26(6,7)8)24(18-20)33(29,30)31-32(27,28)23-17-19(2)13-15-21(23)25(3,4)5/h11-18,27-30H,9-10H2,1-8H3/q+2. The van der Waals surface area contributed by atoms with Gasteiger partial charge in [0.05, 0.1) is 0 Å². The van der Waals surface area contributed by atoms with E-state index in [4.69, 9.17) is 4.31 Å². The van der Waals surface area contributed by atoms with E-state index in [1.807, 2.05) is 84.9 Å². The van der Waals surface area contributed by atoms with Gasteiger partial charge < -0.3 is 0 Å². The molecule has 7 heteroatoms. The average Bonchev–Trinajstić information content (AvgIpc) is 2.65. The van der Waals surface area contributed by atoms with Crippen molar-refractivity contribution in [3.63, 3.8) is 0 Å². The number of rotatable bonds is 7. The predicted molar refractivity (Wildman–Crippen MR) is 142 cm³/mol. The Balaban J connectivity index is 2.60. The van der Waals surface area contributed by atoms with Crippen LogP contribution in [0.3, 0.4) is 0 Å². The van der Waals surface area contributed by atoms with Crippen LogP contribution in [-0.4, -0.2) is 19.6 Å².